The van der Waals surface area contributed by atoms with E-state index >= 15 is 0 Å². The molecule has 0 bridgehead atoms. The summed E-state index contributed by atoms with van der Waals surface area (Å²) in [7, 11) is 1.84. The largest absolute Gasteiger partial charge is 0.460 e. The maximum atomic E-state index is 11.8. The number of hydrogen-bond acceptors (Lipinski definition) is 5. The van der Waals surface area contributed by atoms with Crippen LogP contribution in [-0.4, -0.2) is 23.3 Å². The lowest BCUT2D eigenvalue weighted by Crippen LogP contribution is -2.32. The van der Waals surface area contributed by atoms with Crippen LogP contribution < -0.4 is 0 Å². The van der Waals surface area contributed by atoms with Gasteiger partial charge in [0.1, 0.15) is 11.4 Å². The maximum absolute atomic E-state index is 11.8. The Labute approximate surface area is 103 Å². The van der Waals surface area contributed by atoms with Crippen molar-refractivity contribution in [2.45, 2.75) is 39.2 Å². The molecule has 1 aliphatic carbocycles. The second-order valence-electron chi connectivity index (χ2n) is 5.13. The Kier molecular flexibility index (Phi) is 4.26. The van der Waals surface area contributed by atoms with Crippen molar-refractivity contribution in [2.24, 2.45) is 11.8 Å². The molecule has 1 saturated carbocycles. The molecule has 1 rings (SSSR count). The van der Waals surface area contributed by atoms with Crippen LogP contribution in [0.25, 0.3) is 0 Å². The number of ketones is 1. The molecule has 0 spiro atoms. The molecule has 0 aromatic heterocycles. The Morgan fingerprint density at radius 3 is 2.06 bits per heavy atom. The van der Waals surface area contributed by atoms with Crippen LogP contribution in [0.4, 0.5) is 0 Å². The molecule has 3 atom stereocenters. The minimum Gasteiger partial charge on any atom is -0.460 e. The Bertz CT molecular complexity index is 344. The molecular weight excluding hydrogens is 243 g/mol. The molecule has 0 aromatic rings. The van der Waals surface area contributed by atoms with Crippen LogP contribution >= 0.6 is 9.47 Å². The molecule has 0 radical (unpaired) electrons. The molecule has 1 aliphatic rings. The molecule has 17 heavy (non-hydrogen) atoms. The number of esters is 1. The summed E-state index contributed by atoms with van der Waals surface area (Å²) < 4.78 is 9.70. The third-order valence-corrected chi connectivity index (χ3v) is 2.74. The van der Waals surface area contributed by atoms with Crippen LogP contribution in [-0.2, 0) is 23.6 Å². The summed E-state index contributed by atoms with van der Waals surface area (Å²) in [5.74, 6) is -2.61. The summed E-state index contributed by atoms with van der Waals surface area (Å²) in [6.45, 7) is 5.22. The highest BCUT2D eigenvalue weighted by Crippen LogP contribution is 2.32. The van der Waals surface area contributed by atoms with Gasteiger partial charge in [-0.2, -0.15) is 0 Å². The van der Waals surface area contributed by atoms with Crippen molar-refractivity contribution in [3.63, 3.8) is 0 Å². The minimum atomic E-state index is -0.713. The van der Waals surface area contributed by atoms with Crippen LogP contribution in [0.15, 0.2) is 0 Å². The van der Waals surface area contributed by atoms with Crippen molar-refractivity contribution in [3.8, 4) is 0 Å². The fourth-order valence-corrected chi connectivity index (χ4v) is 1.99. The zero-order valence-corrected chi connectivity index (χ0v) is 11.3. The molecule has 1 fully saturated rings. The Morgan fingerprint density at radius 2 is 1.65 bits per heavy atom. The summed E-state index contributed by atoms with van der Waals surface area (Å²) in [5.41, 5.74) is -0.627. The topological polar surface area (TPSA) is 69.7 Å². The molecule has 6 heteroatoms. The first kappa shape index (κ1) is 14.1. The van der Waals surface area contributed by atoms with E-state index in [0.29, 0.717) is 0 Å². The number of ether oxygens (including phenoxy) is 1. The first-order chi connectivity index (χ1) is 7.74. The van der Waals surface area contributed by atoms with Crippen molar-refractivity contribution in [1.82, 2.24) is 0 Å². The second-order valence-corrected chi connectivity index (χ2v) is 5.37. The summed E-state index contributed by atoms with van der Waals surface area (Å²) in [5, 5.41) is 0. The van der Waals surface area contributed by atoms with Crippen LogP contribution in [0.2, 0.25) is 0 Å². The third kappa shape index (κ3) is 3.77. The number of Topliss-reactive ketones (excluding diaryl/α,β-unsaturated/α-hetero) is 1. The van der Waals surface area contributed by atoms with Crippen LogP contribution in [0, 0.1) is 11.8 Å². The number of rotatable bonds is 2. The highest BCUT2D eigenvalue weighted by atomic mass is 31.0. The zero-order valence-electron chi connectivity index (χ0n) is 10.2. The molecule has 5 nitrogen and oxygen atoms in total. The minimum absolute atomic E-state index is 0.0527. The molecule has 0 aliphatic heterocycles. The number of hydrogen-bond donors (Lipinski definition) is 0. The van der Waals surface area contributed by atoms with Crippen molar-refractivity contribution in [1.29, 1.82) is 0 Å². The monoisotopic (exact) mass is 260 g/mol. The fourth-order valence-electron chi connectivity index (χ4n) is 1.82. The van der Waals surface area contributed by atoms with Gasteiger partial charge in [0, 0.05) is 12.8 Å². The highest BCUT2D eigenvalue weighted by molar-refractivity contribution is 7.10. The molecule has 0 saturated heterocycles. The summed E-state index contributed by atoms with van der Waals surface area (Å²) in [6.07, 6.45) is 0.108. The molecule has 0 N–H and O–H groups in total. The Hall–Kier alpha value is -0.960. The van der Waals surface area contributed by atoms with E-state index in [0.717, 1.165) is 0 Å². The van der Waals surface area contributed by atoms with Gasteiger partial charge in [-0.1, -0.05) is 0 Å². The van der Waals surface area contributed by atoms with Crippen LogP contribution in [0.3, 0.4) is 0 Å². The van der Waals surface area contributed by atoms with Gasteiger partial charge in [-0.3, -0.25) is 14.4 Å². The van der Waals surface area contributed by atoms with E-state index in [9.17, 15) is 14.4 Å². The predicted octanol–water partition coefficient (Wildman–Crippen LogP) is 1.26. The normalized spacial score (nSPS) is 24.6. The third-order valence-electron chi connectivity index (χ3n) is 2.51. The van der Waals surface area contributed by atoms with Gasteiger partial charge in [-0.25, -0.2) is 0 Å². The first-order valence-electron chi connectivity index (χ1n) is 5.39. The average molecular weight is 260 g/mol. The molecule has 0 amide bonds. The Morgan fingerprint density at radius 1 is 1.18 bits per heavy atom. The molecular formula is C11H17O5P. The van der Waals surface area contributed by atoms with Crippen LogP contribution in [0.5, 0.6) is 0 Å². The summed E-state index contributed by atoms with van der Waals surface area (Å²) >= 11 is 0. The zero-order chi connectivity index (χ0) is 13.2. The van der Waals surface area contributed by atoms with Gasteiger partial charge >= 0.3 is 11.9 Å². The summed E-state index contributed by atoms with van der Waals surface area (Å²) in [6, 6.07) is 0. The summed E-state index contributed by atoms with van der Waals surface area (Å²) in [4.78, 5) is 34.6. The van der Waals surface area contributed by atoms with Gasteiger partial charge in [0.15, 0.2) is 0 Å². The molecule has 0 heterocycles. The lowest BCUT2D eigenvalue weighted by molar-refractivity contribution is -0.164. The van der Waals surface area contributed by atoms with E-state index in [1.807, 2.05) is 9.47 Å². The van der Waals surface area contributed by atoms with Gasteiger partial charge in [-0.05, 0) is 20.8 Å². The van der Waals surface area contributed by atoms with Gasteiger partial charge in [-0.15, -0.1) is 0 Å². The SMILES string of the molecule is CC(C)(C)OC(=O)C1CC(=O)C[C@H]1C(=O)OP. The smallest absolute Gasteiger partial charge is 0.312 e. The maximum Gasteiger partial charge on any atom is 0.312 e. The standard InChI is InChI=1S/C11H17O5P/c1-11(2,3)15-9(13)7-4-6(12)5-8(7)10(14)16-17/h7-8H,4-5,17H2,1-3H3/t7?,8-/m1/s1. The first-order valence-corrected chi connectivity index (χ1v) is 5.87. The van der Waals surface area contributed by atoms with E-state index in [1.54, 1.807) is 20.8 Å². The average Bonchev–Trinajstić information content (AvgIpc) is 2.56. The quantitative estimate of drug-likeness (QED) is 0.552. The Balaban J connectivity index is 2.77. The van der Waals surface area contributed by atoms with E-state index in [4.69, 9.17) is 4.74 Å². The van der Waals surface area contributed by atoms with Crippen molar-refractivity contribution >= 4 is 27.2 Å². The number of carbonyl (C=O) groups excluding carboxylic acids is 3. The van der Waals surface area contributed by atoms with Gasteiger partial charge in [0.2, 0.25) is 0 Å². The predicted molar refractivity (Wildman–Crippen MR) is 62.9 cm³/mol. The lowest BCUT2D eigenvalue weighted by atomic mass is 9.96. The van der Waals surface area contributed by atoms with Crippen molar-refractivity contribution in [3.05, 3.63) is 0 Å². The van der Waals surface area contributed by atoms with Crippen LogP contribution in [0.1, 0.15) is 33.6 Å². The lowest BCUT2D eigenvalue weighted by Gasteiger charge is -2.23. The van der Waals surface area contributed by atoms with Gasteiger partial charge in [0.25, 0.3) is 0 Å². The van der Waals surface area contributed by atoms with E-state index < -0.39 is 29.4 Å². The van der Waals surface area contributed by atoms with Crippen molar-refractivity contribution in [2.75, 3.05) is 0 Å². The van der Waals surface area contributed by atoms with E-state index in [2.05, 4.69) is 4.52 Å². The molecule has 2 unspecified atom stereocenters. The van der Waals surface area contributed by atoms with Gasteiger partial charge < -0.3 is 9.26 Å². The van der Waals surface area contributed by atoms with E-state index in [1.165, 1.54) is 0 Å². The highest BCUT2D eigenvalue weighted by Gasteiger charge is 2.44. The second kappa shape index (κ2) is 5.13. The van der Waals surface area contributed by atoms with Gasteiger partial charge in [0.05, 0.1) is 21.3 Å². The van der Waals surface area contributed by atoms with E-state index in [-0.39, 0.29) is 18.6 Å². The molecule has 96 valence electrons. The molecule has 0 aromatic carbocycles. The fraction of sp³-hybridized carbons (Fsp3) is 0.727. The number of carbonyl (C=O) groups is 3. The van der Waals surface area contributed by atoms with Crippen molar-refractivity contribution < 1.29 is 23.6 Å².